The lowest BCUT2D eigenvalue weighted by atomic mass is 10.0. The Morgan fingerprint density at radius 3 is 1.19 bits per heavy atom. The molecule has 0 aliphatic rings. The SMILES string of the molecule is CCCCC/C=C\C/C=C\C/C=C\C/C=C\CCCC(=O)OC(/C=C\CCCCCCCCCCC)C(COP(=O)(O)OCC[N+](C)(C)C)NC(=O)CCCCCCCCCCCCCCCCCCC/C=C/CCCCCCCC. The van der Waals surface area contributed by atoms with E-state index >= 15 is 0 Å². The van der Waals surface area contributed by atoms with Crippen molar-refractivity contribution in [2.24, 2.45) is 0 Å². The van der Waals surface area contributed by atoms with Gasteiger partial charge in [0.05, 0.1) is 33.8 Å². The highest BCUT2D eigenvalue weighted by molar-refractivity contribution is 7.47. The zero-order valence-corrected chi connectivity index (χ0v) is 54.9. The second-order valence-electron chi connectivity index (χ2n) is 24.3. The predicted molar refractivity (Wildman–Crippen MR) is 351 cm³/mol. The van der Waals surface area contributed by atoms with E-state index in [1.807, 2.05) is 33.3 Å². The average molecular weight is 1160 g/mol. The van der Waals surface area contributed by atoms with Gasteiger partial charge < -0.3 is 19.4 Å². The van der Waals surface area contributed by atoms with Gasteiger partial charge >= 0.3 is 13.8 Å². The number of nitrogens with one attached hydrogen (secondary N) is 1. The molecule has 0 saturated carbocycles. The Balaban J connectivity index is 5.05. The number of hydrogen-bond acceptors (Lipinski definition) is 6. The monoisotopic (exact) mass is 1160 g/mol. The first-order chi connectivity index (χ1) is 39.4. The molecule has 0 rings (SSSR count). The first-order valence-electron chi connectivity index (χ1n) is 34.3. The van der Waals surface area contributed by atoms with Gasteiger partial charge in [0.2, 0.25) is 5.91 Å². The molecule has 0 aliphatic carbocycles. The lowest BCUT2D eigenvalue weighted by molar-refractivity contribution is -0.870. The number of phosphoric ester groups is 1. The van der Waals surface area contributed by atoms with Crippen molar-refractivity contribution in [1.29, 1.82) is 0 Å². The van der Waals surface area contributed by atoms with Gasteiger partial charge in [-0.3, -0.25) is 18.6 Å². The summed E-state index contributed by atoms with van der Waals surface area (Å²) in [4.78, 5) is 37.8. The third-order valence-corrected chi connectivity index (χ3v) is 16.1. The van der Waals surface area contributed by atoms with Crippen LogP contribution in [0.4, 0.5) is 0 Å². The maximum atomic E-state index is 13.6. The van der Waals surface area contributed by atoms with Gasteiger partial charge in [-0.05, 0) is 96.0 Å². The number of esters is 1. The number of likely N-dealkylation sites (N-methyl/N-ethyl adjacent to an activating group) is 1. The van der Waals surface area contributed by atoms with Crippen LogP contribution in [0.2, 0.25) is 0 Å². The van der Waals surface area contributed by atoms with E-state index in [2.05, 4.69) is 86.8 Å². The zero-order chi connectivity index (χ0) is 59.3. The van der Waals surface area contributed by atoms with E-state index in [0.29, 0.717) is 23.9 Å². The highest BCUT2D eigenvalue weighted by Crippen LogP contribution is 2.43. The molecule has 2 N–H and O–H groups in total. The zero-order valence-electron chi connectivity index (χ0n) is 54.0. The van der Waals surface area contributed by atoms with E-state index in [4.69, 9.17) is 13.8 Å². The molecule has 0 bridgehead atoms. The van der Waals surface area contributed by atoms with Crippen LogP contribution in [0.3, 0.4) is 0 Å². The number of nitrogens with zero attached hydrogens (tertiary/aromatic N) is 1. The summed E-state index contributed by atoms with van der Waals surface area (Å²) in [6.07, 6.45) is 79.3. The van der Waals surface area contributed by atoms with Crippen molar-refractivity contribution in [1.82, 2.24) is 5.32 Å². The number of ether oxygens (including phenoxy) is 1. The van der Waals surface area contributed by atoms with E-state index in [0.717, 1.165) is 64.2 Å². The normalized spacial score (nSPS) is 14.0. The van der Waals surface area contributed by atoms with Crippen LogP contribution in [-0.2, 0) is 27.9 Å². The summed E-state index contributed by atoms with van der Waals surface area (Å²) in [6, 6.07) is -0.871. The van der Waals surface area contributed by atoms with Crippen LogP contribution in [-0.4, -0.2) is 74.3 Å². The third kappa shape index (κ3) is 61.8. The van der Waals surface area contributed by atoms with Gasteiger partial charge in [-0.2, -0.15) is 0 Å². The Morgan fingerprint density at radius 2 is 0.765 bits per heavy atom. The van der Waals surface area contributed by atoms with Crippen molar-refractivity contribution in [3.63, 3.8) is 0 Å². The van der Waals surface area contributed by atoms with E-state index in [-0.39, 0.29) is 31.5 Å². The van der Waals surface area contributed by atoms with Crippen molar-refractivity contribution in [3.05, 3.63) is 72.9 Å². The number of allylic oxidation sites excluding steroid dienone is 11. The molecule has 10 heteroatoms. The maximum absolute atomic E-state index is 13.6. The molecule has 0 fully saturated rings. The summed E-state index contributed by atoms with van der Waals surface area (Å²) in [7, 11) is 1.47. The van der Waals surface area contributed by atoms with Crippen LogP contribution in [0, 0.1) is 0 Å². The Bertz CT molecular complexity index is 1620. The van der Waals surface area contributed by atoms with Gasteiger partial charge in [0.1, 0.15) is 19.3 Å². The molecule has 9 nitrogen and oxygen atoms in total. The summed E-state index contributed by atoms with van der Waals surface area (Å²) in [6.45, 7) is 6.96. The summed E-state index contributed by atoms with van der Waals surface area (Å²) >= 11 is 0. The first-order valence-corrected chi connectivity index (χ1v) is 35.8. The Labute approximate surface area is 502 Å². The summed E-state index contributed by atoms with van der Waals surface area (Å²) in [5.74, 6) is -0.563. The Kier molecular flexibility index (Phi) is 58.7. The molecule has 0 spiro atoms. The molecule has 3 atom stereocenters. The van der Waals surface area contributed by atoms with Gasteiger partial charge in [0.15, 0.2) is 0 Å². The van der Waals surface area contributed by atoms with Crippen LogP contribution in [0.25, 0.3) is 0 Å². The number of carbonyl (C=O) groups is 2. The standard InChI is InChI=1S/C71H131N2O7P/c1-7-10-13-16-19-22-25-27-29-31-32-33-34-35-36-37-38-39-40-42-43-45-48-51-54-57-60-63-70(74)72-68(67-79-81(76,77)78-66-65-73(4,5)6)69(62-59-56-53-50-47-24-21-18-15-12-9-3)80-71(75)64-61-58-55-52-49-46-44-41-30-28-26-23-20-17-14-11-8-2/h20,23,27-30,44,46,52,55,59,62,68-69H,7-19,21-22,24-26,31-43,45,47-51,53-54,56-58,60-61,63-67H2,1-6H3,(H-,72,74,76,77)/p+1/b23-20-,29-27+,30-28-,46-44-,55-52-,62-59-. The number of amides is 1. The molecule has 1 amide bonds. The minimum Gasteiger partial charge on any atom is -0.456 e. The predicted octanol–water partition coefficient (Wildman–Crippen LogP) is 21.6. The first kappa shape index (κ1) is 78.5. The fourth-order valence-electron chi connectivity index (χ4n) is 9.81. The summed E-state index contributed by atoms with van der Waals surface area (Å²) < 4.78 is 30.7. The van der Waals surface area contributed by atoms with Crippen molar-refractivity contribution in [2.75, 3.05) is 40.9 Å². The molecule has 472 valence electrons. The number of carbonyl (C=O) groups excluding carboxylic acids is 2. The highest BCUT2D eigenvalue weighted by atomic mass is 31.2. The Morgan fingerprint density at radius 1 is 0.432 bits per heavy atom. The van der Waals surface area contributed by atoms with E-state index < -0.39 is 20.0 Å². The van der Waals surface area contributed by atoms with Crippen molar-refractivity contribution in [2.45, 2.75) is 328 Å². The van der Waals surface area contributed by atoms with Crippen molar-refractivity contribution < 1.29 is 37.3 Å². The Hall–Kier alpha value is -2.55. The van der Waals surface area contributed by atoms with Crippen LogP contribution < -0.4 is 5.32 Å². The van der Waals surface area contributed by atoms with Crippen LogP contribution >= 0.6 is 7.82 Å². The lowest BCUT2D eigenvalue weighted by Crippen LogP contribution is -2.47. The highest BCUT2D eigenvalue weighted by Gasteiger charge is 2.30. The molecular weight excluding hydrogens is 1020 g/mol. The number of rotatable bonds is 62. The topological polar surface area (TPSA) is 111 Å². The van der Waals surface area contributed by atoms with Gasteiger partial charge in [-0.15, -0.1) is 0 Å². The third-order valence-electron chi connectivity index (χ3n) is 15.1. The van der Waals surface area contributed by atoms with E-state index in [1.54, 1.807) is 0 Å². The smallest absolute Gasteiger partial charge is 0.456 e. The summed E-state index contributed by atoms with van der Waals surface area (Å²) in [5, 5.41) is 3.05. The number of quaternary nitrogens is 1. The minimum atomic E-state index is -4.46. The van der Waals surface area contributed by atoms with Gasteiger partial charge in [-0.1, -0.05) is 280 Å². The fraction of sp³-hybridized carbons (Fsp3) is 0.803. The number of unbranched alkanes of at least 4 members (excludes halogenated alkanes) is 36. The van der Waals surface area contributed by atoms with Crippen LogP contribution in [0.1, 0.15) is 316 Å². The molecule has 0 radical (unpaired) electrons. The van der Waals surface area contributed by atoms with Gasteiger partial charge in [-0.25, -0.2) is 4.57 Å². The average Bonchev–Trinajstić information content (AvgIpc) is 3.43. The lowest BCUT2D eigenvalue weighted by Gasteiger charge is -2.27. The molecule has 0 saturated heterocycles. The van der Waals surface area contributed by atoms with Crippen molar-refractivity contribution in [3.8, 4) is 0 Å². The molecule has 81 heavy (non-hydrogen) atoms. The van der Waals surface area contributed by atoms with E-state index in [9.17, 15) is 19.0 Å². The molecule has 3 unspecified atom stereocenters. The van der Waals surface area contributed by atoms with Crippen molar-refractivity contribution >= 4 is 19.7 Å². The fourth-order valence-corrected chi connectivity index (χ4v) is 10.5. The molecule has 0 aromatic carbocycles. The second kappa shape index (κ2) is 60.6. The number of hydrogen-bond donors (Lipinski definition) is 2. The molecule has 0 aromatic rings. The maximum Gasteiger partial charge on any atom is 0.472 e. The van der Waals surface area contributed by atoms with Gasteiger partial charge in [0.25, 0.3) is 0 Å². The largest absolute Gasteiger partial charge is 0.472 e. The molecule has 0 aromatic heterocycles. The molecule has 0 heterocycles. The summed E-state index contributed by atoms with van der Waals surface area (Å²) in [5.41, 5.74) is 0. The molecular formula is C71H132N2O7P+. The van der Waals surface area contributed by atoms with E-state index in [1.165, 1.54) is 212 Å². The quantitative estimate of drug-likeness (QED) is 0.0205. The molecule has 0 aliphatic heterocycles. The second-order valence-corrected chi connectivity index (χ2v) is 25.8. The minimum absolute atomic E-state index is 0.0309. The van der Waals surface area contributed by atoms with Crippen LogP contribution in [0.5, 0.6) is 0 Å². The van der Waals surface area contributed by atoms with Gasteiger partial charge in [0, 0.05) is 12.8 Å². The van der Waals surface area contributed by atoms with Crippen LogP contribution in [0.15, 0.2) is 72.9 Å². The number of phosphoric acid groups is 1.